The molecule has 0 fully saturated rings. The van der Waals surface area contributed by atoms with Gasteiger partial charge in [0.2, 0.25) is 5.78 Å². The van der Waals surface area contributed by atoms with Gasteiger partial charge in [-0.05, 0) is 24.6 Å². The highest BCUT2D eigenvalue weighted by Crippen LogP contribution is 2.25. The molecular weight excluding hydrogens is 232 g/mol. The lowest BCUT2D eigenvalue weighted by atomic mass is 9.93. The van der Waals surface area contributed by atoms with E-state index in [0.717, 1.165) is 6.42 Å². The van der Waals surface area contributed by atoms with Crippen LogP contribution in [0, 0.1) is 0 Å². The number of carbonyl (C=O) groups is 2. The zero-order chi connectivity index (χ0) is 13.1. The first-order valence-electron chi connectivity index (χ1n) is 5.79. The number of hydrogen-bond donors (Lipinski definition) is 0. The Bertz CT molecular complexity index is 529. The fourth-order valence-electron chi connectivity index (χ4n) is 1.77. The van der Waals surface area contributed by atoms with Crippen LogP contribution in [0.3, 0.4) is 0 Å². The van der Waals surface area contributed by atoms with Crippen LogP contribution in [0.25, 0.3) is 0 Å². The second kappa shape index (κ2) is 5.04. The number of rotatable bonds is 4. The third kappa shape index (κ3) is 2.14. The maximum atomic E-state index is 12.1. The number of fused-ring (bicyclic) bond motifs is 1. The Balaban J connectivity index is 2.39. The Morgan fingerprint density at radius 2 is 1.94 bits per heavy atom. The minimum absolute atomic E-state index is 0.114. The molecule has 0 bridgehead atoms. The number of methoxy groups -OCH3 is 1. The molecular formula is C14H14O4. The van der Waals surface area contributed by atoms with Gasteiger partial charge in [0.1, 0.15) is 5.75 Å². The molecule has 0 saturated carbocycles. The van der Waals surface area contributed by atoms with E-state index in [-0.39, 0.29) is 17.3 Å². The van der Waals surface area contributed by atoms with Gasteiger partial charge in [0.15, 0.2) is 11.5 Å². The molecule has 2 rings (SSSR count). The number of hydrogen-bond acceptors (Lipinski definition) is 4. The van der Waals surface area contributed by atoms with E-state index in [1.54, 1.807) is 18.2 Å². The second-order valence-electron chi connectivity index (χ2n) is 3.96. The molecule has 18 heavy (non-hydrogen) atoms. The first kappa shape index (κ1) is 12.4. The summed E-state index contributed by atoms with van der Waals surface area (Å²) in [6.07, 6.45) is 2.04. The van der Waals surface area contributed by atoms with Crippen molar-refractivity contribution in [3.05, 3.63) is 41.2 Å². The number of Topliss-reactive ketones (excluding diaryl/α,β-unsaturated/α-hetero) is 1. The van der Waals surface area contributed by atoms with Gasteiger partial charge < -0.3 is 9.47 Å². The van der Waals surface area contributed by atoms with E-state index in [2.05, 4.69) is 0 Å². The molecule has 0 spiro atoms. The molecule has 0 heterocycles. The number of ether oxygens (including phenoxy) is 2. The van der Waals surface area contributed by atoms with Crippen molar-refractivity contribution in [3.63, 3.8) is 0 Å². The SMILES string of the molecule is CCCOC1=CC(=O)c2ccc(OC)cc2C1=O. The van der Waals surface area contributed by atoms with Crippen molar-refractivity contribution in [3.8, 4) is 5.75 Å². The topological polar surface area (TPSA) is 52.6 Å². The van der Waals surface area contributed by atoms with Crippen LogP contribution in [-0.4, -0.2) is 25.3 Å². The van der Waals surface area contributed by atoms with Crippen molar-refractivity contribution in [2.45, 2.75) is 13.3 Å². The Morgan fingerprint density at radius 3 is 2.61 bits per heavy atom. The van der Waals surface area contributed by atoms with Crippen LogP contribution < -0.4 is 4.74 Å². The molecule has 1 aliphatic rings. The fraction of sp³-hybridized carbons (Fsp3) is 0.286. The normalized spacial score (nSPS) is 14.0. The molecule has 0 N–H and O–H groups in total. The van der Waals surface area contributed by atoms with Gasteiger partial charge in [-0.15, -0.1) is 0 Å². The van der Waals surface area contributed by atoms with E-state index in [9.17, 15) is 9.59 Å². The molecule has 0 amide bonds. The molecule has 4 heteroatoms. The molecule has 1 aromatic rings. The third-order valence-electron chi connectivity index (χ3n) is 2.68. The predicted octanol–water partition coefficient (Wildman–Crippen LogP) is 2.38. The van der Waals surface area contributed by atoms with Crippen molar-refractivity contribution < 1.29 is 19.1 Å². The smallest absolute Gasteiger partial charge is 0.228 e. The van der Waals surface area contributed by atoms with E-state index in [1.165, 1.54) is 13.2 Å². The molecule has 4 nitrogen and oxygen atoms in total. The minimum Gasteiger partial charge on any atom is -0.497 e. The number of ketones is 2. The quantitative estimate of drug-likeness (QED) is 0.818. The summed E-state index contributed by atoms with van der Waals surface area (Å²) in [6.45, 7) is 2.36. The lowest BCUT2D eigenvalue weighted by molar-refractivity contribution is 0.0883. The standard InChI is InChI=1S/C14H14O4/c1-3-6-18-13-8-12(15)10-5-4-9(17-2)7-11(10)14(13)16/h4-5,7-8H,3,6H2,1-2H3. The zero-order valence-corrected chi connectivity index (χ0v) is 10.4. The monoisotopic (exact) mass is 246 g/mol. The molecule has 0 radical (unpaired) electrons. The van der Waals surface area contributed by atoms with Gasteiger partial charge in [0.25, 0.3) is 0 Å². The van der Waals surface area contributed by atoms with Gasteiger partial charge in [0.05, 0.1) is 13.7 Å². The lowest BCUT2D eigenvalue weighted by Gasteiger charge is -2.16. The molecule has 1 aromatic carbocycles. The highest BCUT2D eigenvalue weighted by atomic mass is 16.5. The first-order valence-corrected chi connectivity index (χ1v) is 5.79. The third-order valence-corrected chi connectivity index (χ3v) is 2.68. The highest BCUT2D eigenvalue weighted by Gasteiger charge is 2.27. The van der Waals surface area contributed by atoms with Gasteiger partial charge in [-0.1, -0.05) is 6.92 Å². The molecule has 0 saturated heterocycles. The molecule has 0 unspecified atom stereocenters. The van der Waals surface area contributed by atoms with Crippen LogP contribution >= 0.6 is 0 Å². The molecule has 0 atom stereocenters. The van der Waals surface area contributed by atoms with Crippen LogP contribution in [0.4, 0.5) is 0 Å². The van der Waals surface area contributed by atoms with Crippen LogP contribution in [0.1, 0.15) is 34.1 Å². The number of carbonyl (C=O) groups excluding carboxylic acids is 2. The molecule has 0 aromatic heterocycles. The molecule has 1 aliphatic carbocycles. The summed E-state index contributed by atoms with van der Waals surface area (Å²) >= 11 is 0. The van der Waals surface area contributed by atoms with Crippen LogP contribution in [0.2, 0.25) is 0 Å². The zero-order valence-electron chi connectivity index (χ0n) is 10.4. The van der Waals surface area contributed by atoms with E-state index in [4.69, 9.17) is 9.47 Å². The summed E-state index contributed by atoms with van der Waals surface area (Å²) in [4.78, 5) is 24.0. The van der Waals surface area contributed by atoms with E-state index in [0.29, 0.717) is 23.5 Å². The van der Waals surface area contributed by atoms with Gasteiger partial charge in [0, 0.05) is 17.2 Å². The van der Waals surface area contributed by atoms with Gasteiger partial charge >= 0.3 is 0 Å². The average Bonchev–Trinajstić information content (AvgIpc) is 2.40. The molecule has 94 valence electrons. The van der Waals surface area contributed by atoms with Gasteiger partial charge in [-0.2, -0.15) is 0 Å². The van der Waals surface area contributed by atoms with E-state index in [1.807, 2.05) is 6.92 Å². The summed E-state index contributed by atoms with van der Waals surface area (Å²) in [5.41, 5.74) is 0.734. The van der Waals surface area contributed by atoms with Gasteiger partial charge in [-0.25, -0.2) is 0 Å². The number of benzene rings is 1. The Morgan fingerprint density at radius 1 is 1.17 bits per heavy atom. The Labute approximate surface area is 105 Å². The Hall–Kier alpha value is -2.10. The van der Waals surface area contributed by atoms with Crippen molar-refractivity contribution in [1.29, 1.82) is 0 Å². The van der Waals surface area contributed by atoms with Crippen molar-refractivity contribution >= 4 is 11.6 Å². The van der Waals surface area contributed by atoms with Crippen molar-refractivity contribution in [1.82, 2.24) is 0 Å². The number of allylic oxidation sites excluding steroid dienone is 2. The van der Waals surface area contributed by atoms with Gasteiger partial charge in [-0.3, -0.25) is 9.59 Å². The summed E-state index contributed by atoms with van der Waals surface area (Å²) in [5.74, 6) is 0.185. The largest absolute Gasteiger partial charge is 0.497 e. The van der Waals surface area contributed by atoms with Crippen LogP contribution in [0.15, 0.2) is 30.0 Å². The summed E-state index contributed by atoms with van der Waals surface area (Å²) in [6, 6.07) is 4.83. The maximum Gasteiger partial charge on any atom is 0.228 e. The fourth-order valence-corrected chi connectivity index (χ4v) is 1.77. The average molecular weight is 246 g/mol. The van der Waals surface area contributed by atoms with Crippen LogP contribution in [0.5, 0.6) is 5.75 Å². The van der Waals surface area contributed by atoms with Crippen LogP contribution in [-0.2, 0) is 4.74 Å². The summed E-state index contributed by atoms with van der Waals surface area (Å²) in [7, 11) is 1.52. The van der Waals surface area contributed by atoms with Crippen molar-refractivity contribution in [2.24, 2.45) is 0 Å². The maximum absolute atomic E-state index is 12.1. The Kier molecular flexibility index (Phi) is 3.46. The highest BCUT2D eigenvalue weighted by molar-refractivity contribution is 6.23. The second-order valence-corrected chi connectivity index (χ2v) is 3.96. The summed E-state index contributed by atoms with van der Waals surface area (Å²) in [5, 5.41) is 0. The van der Waals surface area contributed by atoms with Crippen molar-refractivity contribution in [2.75, 3.05) is 13.7 Å². The first-order chi connectivity index (χ1) is 8.67. The predicted molar refractivity (Wildman–Crippen MR) is 66.0 cm³/mol. The summed E-state index contributed by atoms with van der Waals surface area (Å²) < 4.78 is 10.4. The van der Waals surface area contributed by atoms with E-state index >= 15 is 0 Å². The lowest BCUT2D eigenvalue weighted by Crippen LogP contribution is -2.19. The molecule has 0 aliphatic heterocycles. The minimum atomic E-state index is -0.267. The van der Waals surface area contributed by atoms with E-state index < -0.39 is 0 Å².